The van der Waals surface area contributed by atoms with Crippen LogP contribution in [0.1, 0.15) is 19.3 Å². The molecule has 1 atom stereocenters. The van der Waals surface area contributed by atoms with Crippen LogP contribution in [0.4, 0.5) is 0 Å². The molecule has 1 rings (SSSR count). The van der Waals surface area contributed by atoms with Crippen LogP contribution in [-0.4, -0.2) is 62.4 Å². The summed E-state index contributed by atoms with van der Waals surface area (Å²) in [5, 5.41) is 3.29. The quantitative estimate of drug-likeness (QED) is 0.789. The molecular formula is C12H24ClN3O2. The summed E-state index contributed by atoms with van der Waals surface area (Å²) in [6, 6.07) is 0. The van der Waals surface area contributed by atoms with Gasteiger partial charge in [-0.25, -0.2) is 0 Å². The standard InChI is InChI=1S/C12H23N3O2.ClH/c1-14(2)12(17)9-15(3)11(16)5-4-10-6-7-13-8-10;/h10,13H,4-9H2,1-3H3;1H. The van der Waals surface area contributed by atoms with Crippen LogP contribution in [-0.2, 0) is 9.59 Å². The van der Waals surface area contributed by atoms with E-state index in [-0.39, 0.29) is 30.8 Å². The zero-order valence-corrected chi connectivity index (χ0v) is 12.3. The van der Waals surface area contributed by atoms with E-state index in [0.717, 1.165) is 25.9 Å². The number of nitrogens with zero attached hydrogens (tertiary/aromatic N) is 2. The van der Waals surface area contributed by atoms with Gasteiger partial charge < -0.3 is 15.1 Å². The molecule has 1 N–H and O–H groups in total. The molecule has 1 saturated heterocycles. The minimum Gasteiger partial charge on any atom is -0.347 e. The highest BCUT2D eigenvalue weighted by atomic mass is 35.5. The highest BCUT2D eigenvalue weighted by Crippen LogP contribution is 2.14. The molecule has 18 heavy (non-hydrogen) atoms. The van der Waals surface area contributed by atoms with Gasteiger partial charge in [-0.1, -0.05) is 0 Å². The lowest BCUT2D eigenvalue weighted by Crippen LogP contribution is -2.37. The highest BCUT2D eigenvalue weighted by molar-refractivity contribution is 5.85. The van der Waals surface area contributed by atoms with Crippen LogP contribution in [0.15, 0.2) is 0 Å². The van der Waals surface area contributed by atoms with Crippen LogP contribution in [0.25, 0.3) is 0 Å². The molecule has 1 aliphatic rings. The van der Waals surface area contributed by atoms with Gasteiger partial charge in [0.15, 0.2) is 0 Å². The predicted octanol–water partition coefficient (Wildman–Crippen LogP) is 0.344. The maximum atomic E-state index is 11.8. The number of nitrogens with one attached hydrogen (secondary N) is 1. The van der Waals surface area contributed by atoms with E-state index in [2.05, 4.69) is 5.32 Å². The lowest BCUT2D eigenvalue weighted by Gasteiger charge is -2.19. The van der Waals surface area contributed by atoms with Crippen molar-refractivity contribution < 1.29 is 9.59 Å². The van der Waals surface area contributed by atoms with Gasteiger partial charge in [-0.3, -0.25) is 9.59 Å². The summed E-state index contributed by atoms with van der Waals surface area (Å²) in [5.41, 5.74) is 0. The van der Waals surface area contributed by atoms with Gasteiger partial charge in [0, 0.05) is 27.6 Å². The van der Waals surface area contributed by atoms with Crippen molar-refractivity contribution >= 4 is 24.2 Å². The molecule has 106 valence electrons. The van der Waals surface area contributed by atoms with Gasteiger partial charge >= 0.3 is 0 Å². The molecule has 1 unspecified atom stereocenters. The number of hydrogen-bond acceptors (Lipinski definition) is 3. The van der Waals surface area contributed by atoms with Gasteiger partial charge in [-0.15, -0.1) is 12.4 Å². The molecule has 0 aromatic heterocycles. The van der Waals surface area contributed by atoms with Crippen LogP contribution >= 0.6 is 12.4 Å². The normalized spacial score (nSPS) is 18.1. The van der Waals surface area contributed by atoms with E-state index in [1.165, 1.54) is 9.80 Å². The van der Waals surface area contributed by atoms with Crippen molar-refractivity contribution in [3.05, 3.63) is 0 Å². The van der Waals surface area contributed by atoms with Crippen LogP contribution in [0.2, 0.25) is 0 Å². The fraction of sp³-hybridized carbons (Fsp3) is 0.833. The summed E-state index contributed by atoms with van der Waals surface area (Å²) in [6.07, 6.45) is 2.63. The lowest BCUT2D eigenvalue weighted by molar-refractivity contribution is -0.138. The summed E-state index contributed by atoms with van der Waals surface area (Å²) < 4.78 is 0. The number of carbonyl (C=O) groups is 2. The smallest absolute Gasteiger partial charge is 0.241 e. The zero-order chi connectivity index (χ0) is 12.8. The summed E-state index contributed by atoms with van der Waals surface area (Å²) in [6.45, 7) is 2.26. The van der Waals surface area contributed by atoms with Gasteiger partial charge in [0.2, 0.25) is 11.8 Å². The van der Waals surface area contributed by atoms with Crippen molar-refractivity contribution in [3.63, 3.8) is 0 Å². The molecule has 5 nitrogen and oxygen atoms in total. The van der Waals surface area contributed by atoms with Crippen molar-refractivity contribution in [2.75, 3.05) is 40.8 Å². The summed E-state index contributed by atoms with van der Waals surface area (Å²) in [4.78, 5) is 26.3. The van der Waals surface area contributed by atoms with E-state index in [1.807, 2.05) is 0 Å². The SMILES string of the molecule is CN(C)C(=O)CN(C)C(=O)CCC1CCNC1.Cl. The average molecular weight is 278 g/mol. The molecule has 0 aromatic carbocycles. The zero-order valence-electron chi connectivity index (χ0n) is 11.4. The third-order valence-electron chi connectivity index (χ3n) is 3.23. The fourth-order valence-corrected chi connectivity index (χ4v) is 1.91. The van der Waals surface area contributed by atoms with Crippen molar-refractivity contribution in [1.29, 1.82) is 0 Å². The van der Waals surface area contributed by atoms with Crippen molar-refractivity contribution in [2.45, 2.75) is 19.3 Å². The molecular weight excluding hydrogens is 254 g/mol. The molecule has 1 aliphatic heterocycles. The second-order valence-electron chi connectivity index (χ2n) is 4.94. The summed E-state index contributed by atoms with van der Waals surface area (Å²) in [5.74, 6) is 0.646. The molecule has 1 fully saturated rings. The fourth-order valence-electron chi connectivity index (χ4n) is 1.91. The van der Waals surface area contributed by atoms with Crippen molar-refractivity contribution in [2.24, 2.45) is 5.92 Å². The van der Waals surface area contributed by atoms with Gasteiger partial charge in [0.1, 0.15) is 0 Å². The molecule has 0 spiro atoms. The number of likely N-dealkylation sites (N-methyl/N-ethyl adjacent to an activating group) is 2. The molecule has 0 bridgehead atoms. The van der Waals surface area contributed by atoms with Gasteiger partial charge in [0.25, 0.3) is 0 Å². The summed E-state index contributed by atoms with van der Waals surface area (Å²) in [7, 11) is 5.09. The second kappa shape index (κ2) is 8.32. The largest absolute Gasteiger partial charge is 0.347 e. The van der Waals surface area contributed by atoms with E-state index in [4.69, 9.17) is 0 Å². The van der Waals surface area contributed by atoms with E-state index in [1.54, 1.807) is 21.1 Å². The number of carbonyl (C=O) groups excluding carboxylic acids is 2. The number of hydrogen-bond donors (Lipinski definition) is 1. The Bertz CT molecular complexity index is 278. The molecule has 0 aromatic rings. The van der Waals surface area contributed by atoms with Crippen LogP contribution in [0.5, 0.6) is 0 Å². The predicted molar refractivity (Wildman–Crippen MR) is 73.8 cm³/mol. The van der Waals surface area contributed by atoms with Crippen LogP contribution < -0.4 is 5.32 Å². The van der Waals surface area contributed by atoms with Crippen LogP contribution in [0.3, 0.4) is 0 Å². The Labute approximate surface area is 115 Å². The van der Waals surface area contributed by atoms with Crippen LogP contribution in [0, 0.1) is 5.92 Å². The highest BCUT2D eigenvalue weighted by Gasteiger charge is 2.18. The number of rotatable bonds is 5. The molecule has 1 heterocycles. The van der Waals surface area contributed by atoms with E-state index >= 15 is 0 Å². The first kappa shape index (κ1) is 17.2. The van der Waals surface area contributed by atoms with E-state index in [0.29, 0.717) is 12.3 Å². The first-order valence-electron chi connectivity index (χ1n) is 6.15. The Hall–Kier alpha value is -0.810. The third kappa shape index (κ3) is 5.69. The maximum absolute atomic E-state index is 11.8. The topological polar surface area (TPSA) is 52.7 Å². The molecule has 0 radical (unpaired) electrons. The Kier molecular flexibility index (Phi) is 7.95. The second-order valence-corrected chi connectivity index (χ2v) is 4.94. The Morgan fingerprint density at radius 1 is 1.22 bits per heavy atom. The first-order valence-corrected chi connectivity index (χ1v) is 6.15. The monoisotopic (exact) mass is 277 g/mol. The third-order valence-corrected chi connectivity index (χ3v) is 3.23. The molecule has 6 heteroatoms. The molecule has 2 amide bonds. The Morgan fingerprint density at radius 2 is 1.89 bits per heavy atom. The minimum atomic E-state index is -0.0385. The Balaban J connectivity index is 0.00000289. The molecule has 0 saturated carbocycles. The summed E-state index contributed by atoms with van der Waals surface area (Å²) >= 11 is 0. The van der Waals surface area contributed by atoms with E-state index in [9.17, 15) is 9.59 Å². The first-order chi connectivity index (χ1) is 8.00. The number of halogens is 1. The van der Waals surface area contributed by atoms with Gasteiger partial charge in [-0.05, 0) is 31.8 Å². The van der Waals surface area contributed by atoms with Gasteiger partial charge in [0.05, 0.1) is 6.54 Å². The Morgan fingerprint density at radius 3 is 2.39 bits per heavy atom. The lowest BCUT2D eigenvalue weighted by atomic mass is 10.0. The maximum Gasteiger partial charge on any atom is 0.241 e. The van der Waals surface area contributed by atoms with Crippen molar-refractivity contribution in [1.82, 2.24) is 15.1 Å². The average Bonchev–Trinajstić information content (AvgIpc) is 2.78. The minimum absolute atomic E-state index is 0. The number of amides is 2. The molecule has 0 aliphatic carbocycles. The van der Waals surface area contributed by atoms with E-state index < -0.39 is 0 Å². The van der Waals surface area contributed by atoms with Crippen molar-refractivity contribution in [3.8, 4) is 0 Å². The van der Waals surface area contributed by atoms with Gasteiger partial charge in [-0.2, -0.15) is 0 Å².